The minimum absolute atomic E-state index is 0.0212. The van der Waals surface area contributed by atoms with Crippen molar-refractivity contribution in [2.45, 2.75) is 158 Å². The molecule has 9 rings (SSSR count). The van der Waals surface area contributed by atoms with E-state index in [1.165, 1.54) is 77.0 Å². The van der Waals surface area contributed by atoms with Gasteiger partial charge < -0.3 is 0 Å². The summed E-state index contributed by atoms with van der Waals surface area (Å²) in [4.78, 5) is 2.30. The van der Waals surface area contributed by atoms with Crippen LogP contribution < -0.4 is 47.4 Å². The number of hydrogen-bond acceptors (Lipinski definition) is 12. The number of sulfonamides is 1. The highest BCUT2D eigenvalue weighted by Crippen LogP contribution is 2.46. The molecule has 49 heavy (non-hydrogen) atoms. The van der Waals surface area contributed by atoms with Crippen LogP contribution in [-0.2, 0) is 25.4 Å². The van der Waals surface area contributed by atoms with E-state index in [1.807, 2.05) is 0 Å². The van der Waals surface area contributed by atoms with Gasteiger partial charge in [0.15, 0.2) is 11.1 Å². The van der Waals surface area contributed by atoms with Crippen LogP contribution in [0.5, 0.6) is 0 Å². The van der Waals surface area contributed by atoms with Crippen molar-refractivity contribution in [3.63, 3.8) is 0 Å². The normalized spacial score (nSPS) is 51.7. The van der Waals surface area contributed by atoms with E-state index in [4.69, 9.17) is 4.28 Å². The van der Waals surface area contributed by atoms with Gasteiger partial charge in [-0.3, -0.25) is 42.5 Å². The predicted molar refractivity (Wildman–Crippen MR) is 188 cm³/mol. The SMILES string of the molecule is CCS(=O)ONS(=O)(=O)C1CCCC2C3NC4NC(NC5NC(NC6NC(NC(N3)C21)C1CCCCC61)C1CCCCC51)C1CCCCC41. The van der Waals surface area contributed by atoms with Gasteiger partial charge >= 0.3 is 0 Å². The fourth-order valence-corrected chi connectivity index (χ4v) is 14.7. The summed E-state index contributed by atoms with van der Waals surface area (Å²) in [5.74, 6) is 3.60. The second kappa shape index (κ2) is 14.2. The molecule has 0 aromatic rings. The van der Waals surface area contributed by atoms with Crippen LogP contribution in [0.3, 0.4) is 0 Å². The van der Waals surface area contributed by atoms with E-state index in [0.29, 0.717) is 48.1 Å². The Hall–Kier alpha value is -0.300. The smallest absolute Gasteiger partial charge is 0.237 e. The second-order valence-corrected chi connectivity index (χ2v) is 20.2. The molecule has 0 spiro atoms. The van der Waals surface area contributed by atoms with Gasteiger partial charge in [-0.05, 0) is 92.8 Å². The summed E-state index contributed by atoms with van der Waals surface area (Å²) in [6, 6.07) is 0. The van der Waals surface area contributed by atoms with E-state index >= 15 is 0 Å². The standard InChI is InChI=1S/C34H61N9O4S2/c1-2-48(44)47-43-49(45,46)25-17-9-16-24-26(25)34-41-32-23-15-8-7-14-22(23)30(39-32)37-28-19-11-4-3-10-18(19)27(35-28)36-29-20-12-5-6-13-21(20)31(38-29)40-33(24)42-34/h18-43H,2-17H2,1H3. The molecule has 0 amide bonds. The first-order valence-corrected chi connectivity index (χ1v) is 22.8. The third-order valence-electron chi connectivity index (χ3n) is 14.7. The zero-order valence-electron chi connectivity index (χ0n) is 29.1. The lowest BCUT2D eigenvalue weighted by molar-refractivity contribution is 0.167. The molecule has 9 aliphatic rings. The number of nitrogens with one attached hydrogen (secondary N) is 9. The molecule has 0 aromatic heterocycles. The quantitative estimate of drug-likeness (QED) is 0.186. The monoisotopic (exact) mass is 723 g/mol. The molecule has 18 atom stereocenters. The Balaban J connectivity index is 1.06. The van der Waals surface area contributed by atoms with Gasteiger partial charge in [-0.2, -0.15) is 4.28 Å². The minimum Gasteiger partial charge on any atom is -0.286 e. The Labute approximate surface area is 295 Å². The third kappa shape index (κ3) is 6.41. The third-order valence-corrected chi connectivity index (χ3v) is 17.2. The lowest BCUT2D eigenvalue weighted by Crippen LogP contribution is -2.62. The molecule has 278 valence electrons. The summed E-state index contributed by atoms with van der Waals surface area (Å²) < 4.78 is 45.1. The Morgan fingerprint density at radius 3 is 1.20 bits per heavy atom. The van der Waals surface area contributed by atoms with Gasteiger partial charge in [0.2, 0.25) is 10.0 Å². The van der Waals surface area contributed by atoms with Crippen LogP contribution >= 0.6 is 0 Å². The molecule has 5 aliphatic heterocycles. The maximum atomic E-state index is 13.9. The van der Waals surface area contributed by atoms with Crippen LogP contribution in [0.1, 0.15) is 103 Å². The van der Waals surface area contributed by atoms with Gasteiger partial charge in [-0.15, -0.1) is 0 Å². The molecule has 5 saturated heterocycles. The Morgan fingerprint density at radius 2 is 0.837 bits per heavy atom. The first-order valence-electron chi connectivity index (χ1n) is 20.0. The van der Waals surface area contributed by atoms with Gasteiger partial charge in [0.05, 0.1) is 54.6 Å². The summed E-state index contributed by atoms with van der Waals surface area (Å²) in [5, 5.41) is 32.1. The van der Waals surface area contributed by atoms with E-state index in [2.05, 4.69) is 47.4 Å². The van der Waals surface area contributed by atoms with Crippen LogP contribution in [0.2, 0.25) is 0 Å². The highest BCUT2D eigenvalue weighted by Gasteiger charge is 2.57. The topological polar surface area (TPSA) is 169 Å². The van der Waals surface area contributed by atoms with Gasteiger partial charge in [0.25, 0.3) is 0 Å². The second-order valence-electron chi connectivity index (χ2n) is 17.0. The molecule has 0 radical (unpaired) electrons. The summed E-state index contributed by atoms with van der Waals surface area (Å²) in [5.41, 5.74) is 0. The number of fused-ring (bicyclic) bond motifs is 20. The van der Waals surface area contributed by atoms with E-state index in [0.717, 1.165) is 12.8 Å². The average Bonchev–Trinajstić information content (AvgIpc) is 3.86. The summed E-state index contributed by atoms with van der Waals surface area (Å²) in [7, 11) is -3.88. The number of hydrogen-bond donors (Lipinski definition) is 9. The molecule has 15 heteroatoms. The molecular weight excluding hydrogens is 663 g/mol. The molecule has 4 saturated carbocycles. The Morgan fingerprint density at radius 1 is 0.510 bits per heavy atom. The lowest BCUT2D eigenvalue weighted by atomic mass is 9.76. The lowest BCUT2D eigenvalue weighted by Gasteiger charge is -2.38. The fraction of sp³-hybridized carbons (Fsp3) is 1.00. The van der Waals surface area contributed by atoms with Crippen LogP contribution in [0.4, 0.5) is 0 Å². The zero-order chi connectivity index (χ0) is 33.3. The largest absolute Gasteiger partial charge is 0.286 e. The maximum Gasteiger partial charge on any atom is 0.237 e. The van der Waals surface area contributed by atoms with Gasteiger partial charge in [-0.1, -0.05) is 56.8 Å². The molecule has 18 unspecified atom stereocenters. The Kier molecular flexibility index (Phi) is 9.96. The molecule has 8 bridgehead atoms. The van der Waals surface area contributed by atoms with Crippen molar-refractivity contribution < 1.29 is 16.9 Å². The number of rotatable bonds is 5. The van der Waals surface area contributed by atoms with Crippen LogP contribution in [0.25, 0.3) is 0 Å². The minimum atomic E-state index is -3.88. The summed E-state index contributed by atoms with van der Waals surface area (Å²) >= 11 is -1.70. The van der Waals surface area contributed by atoms with Crippen molar-refractivity contribution in [1.29, 1.82) is 0 Å². The molecule has 5 heterocycles. The Bertz CT molecular complexity index is 1330. The first kappa shape index (κ1) is 34.5. The van der Waals surface area contributed by atoms with Crippen LogP contribution in [0, 0.1) is 47.3 Å². The highest BCUT2D eigenvalue weighted by atomic mass is 32.2. The van der Waals surface area contributed by atoms with Crippen molar-refractivity contribution in [2.75, 3.05) is 5.75 Å². The predicted octanol–water partition coefficient (Wildman–Crippen LogP) is 1.12. The molecular formula is C34H61N9O4S2. The van der Waals surface area contributed by atoms with E-state index in [1.54, 1.807) is 6.92 Å². The van der Waals surface area contributed by atoms with E-state index < -0.39 is 26.4 Å². The van der Waals surface area contributed by atoms with Crippen molar-refractivity contribution in [3.8, 4) is 0 Å². The van der Waals surface area contributed by atoms with Gasteiger partial charge in [0, 0.05) is 11.7 Å². The maximum absolute atomic E-state index is 13.9. The van der Waals surface area contributed by atoms with Crippen molar-refractivity contribution >= 4 is 21.1 Å². The van der Waals surface area contributed by atoms with Gasteiger partial charge in [-0.25, -0.2) is 12.6 Å². The van der Waals surface area contributed by atoms with Crippen molar-refractivity contribution in [3.05, 3.63) is 0 Å². The zero-order valence-corrected chi connectivity index (χ0v) is 30.7. The fourth-order valence-electron chi connectivity index (χ4n) is 12.6. The van der Waals surface area contributed by atoms with Crippen LogP contribution in [-0.4, -0.2) is 73.0 Å². The van der Waals surface area contributed by atoms with Crippen LogP contribution in [0.15, 0.2) is 0 Å². The van der Waals surface area contributed by atoms with E-state index in [9.17, 15) is 12.6 Å². The first-order chi connectivity index (χ1) is 23.9. The summed E-state index contributed by atoms with van der Waals surface area (Å²) in [6.07, 6.45) is 18.6. The molecule has 0 aromatic carbocycles. The van der Waals surface area contributed by atoms with Crippen molar-refractivity contribution in [1.82, 2.24) is 47.4 Å². The molecule has 4 aliphatic carbocycles. The summed E-state index contributed by atoms with van der Waals surface area (Å²) in [6.45, 7) is 1.72. The van der Waals surface area contributed by atoms with Crippen molar-refractivity contribution in [2.24, 2.45) is 47.3 Å². The average molecular weight is 724 g/mol. The molecule has 13 nitrogen and oxygen atoms in total. The molecule has 9 N–H and O–H groups in total. The highest BCUT2D eigenvalue weighted by molar-refractivity contribution is 7.90. The molecule has 9 fully saturated rings. The van der Waals surface area contributed by atoms with Gasteiger partial charge in [0.1, 0.15) is 0 Å². The van der Waals surface area contributed by atoms with E-state index in [-0.39, 0.29) is 60.7 Å².